The summed E-state index contributed by atoms with van der Waals surface area (Å²) in [5.74, 6) is -0.405. The predicted octanol–water partition coefficient (Wildman–Crippen LogP) is 5.59. The SMILES string of the molecule is CC(O)[C@@H](C(=O)NCCCNC1CCCc2c1[nH]c1ccc(Br)cc21)N(Cc1ccccc1)C(=O)OC(C)(C)C. The minimum atomic E-state index is -1.09. The number of benzene rings is 2. The molecule has 1 aliphatic carbocycles. The molecular weight excluding hydrogens is 572 g/mol. The van der Waals surface area contributed by atoms with E-state index in [1.807, 2.05) is 30.3 Å². The Bertz CT molecular complexity index is 1300. The van der Waals surface area contributed by atoms with E-state index < -0.39 is 29.7 Å². The quantitative estimate of drug-likeness (QED) is 0.223. The normalized spacial score (nSPS) is 16.7. The fraction of sp³-hybridized carbons (Fsp3) is 0.484. The molecule has 4 N–H and O–H groups in total. The van der Waals surface area contributed by atoms with E-state index in [1.165, 1.54) is 28.5 Å². The van der Waals surface area contributed by atoms with Crippen LogP contribution in [0.3, 0.4) is 0 Å². The van der Waals surface area contributed by atoms with Gasteiger partial charge in [-0.3, -0.25) is 9.69 Å². The van der Waals surface area contributed by atoms with Crippen LogP contribution in [0.5, 0.6) is 0 Å². The molecule has 2 unspecified atom stereocenters. The topological polar surface area (TPSA) is 107 Å². The molecule has 2 aromatic carbocycles. The number of carbonyl (C=O) groups is 2. The number of hydrogen-bond acceptors (Lipinski definition) is 5. The third-order valence-electron chi connectivity index (χ3n) is 7.10. The Hall–Kier alpha value is -2.88. The van der Waals surface area contributed by atoms with Gasteiger partial charge in [0.1, 0.15) is 11.6 Å². The summed E-state index contributed by atoms with van der Waals surface area (Å²) in [4.78, 5) is 31.4. The summed E-state index contributed by atoms with van der Waals surface area (Å²) in [6.45, 7) is 8.14. The van der Waals surface area contributed by atoms with Crippen LogP contribution in [0.25, 0.3) is 10.9 Å². The first-order valence-corrected chi connectivity index (χ1v) is 14.9. The van der Waals surface area contributed by atoms with Crippen LogP contribution < -0.4 is 10.6 Å². The van der Waals surface area contributed by atoms with Gasteiger partial charge in [0.15, 0.2) is 0 Å². The van der Waals surface area contributed by atoms with Gasteiger partial charge in [-0.25, -0.2) is 4.79 Å². The second-order valence-electron chi connectivity index (χ2n) is 11.5. The minimum Gasteiger partial charge on any atom is -0.444 e. The fourth-order valence-electron chi connectivity index (χ4n) is 5.32. The molecule has 9 heteroatoms. The number of aromatic nitrogens is 1. The second kappa shape index (κ2) is 13.2. The van der Waals surface area contributed by atoms with Crippen LogP contribution in [0.4, 0.5) is 4.79 Å². The van der Waals surface area contributed by atoms with Crippen molar-refractivity contribution in [3.8, 4) is 0 Å². The maximum Gasteiger partial charge on any atom is 0.411 e. The lowest BCUT2D eigenvalue weighted by Crippen LogP contribution is -2.55. The standard InChI is InChI=1S/C31H41BrN4O4/c1-20(37)28(36(30(39)40-31(2,3)4)19-21-10-6-5-7-11-21)29(38)34-17-9-16-33-26-13-8-12-23-24-18-22(32)14-15-25(24)35-27(23)26/h5-7,10-11,14-15,18,20,26,28,33,35,37H,8-9,12-13,16-17,19H2,1-4H3,(H,34,38)/t20?,26?,28-/m0/s1. The number of amides is 2. The number of halogens is 1. The van der Waals surface area contributed by atoms with E-state index in [9.17, 15) is 14.7 Å². The van der Waals surface area contributed by atoms with Gasteiger partial charge in [0.05, 0.1) is 6.10 Å². The van der Waals surface area contributed by atoms with Crippen molar-refractivity contribution in [3.05, 3.63) is 69.8 Å². The summed E-state index contributed by atoms with van der Waals surface area (Å²) in [5, 5.41) is 18.4. The van der Waals surface area contributed by atoms with Crippen molar-refractivity contribution in [1.29, 1.82) is 0 Å². The van der Waals surface area contributed by atoms with Crippen LogP contribution in [0.15, 0.2) is 53.0 Å². The van der Waals surface area contributed by atoms with Gasteiger partial charge in [0.2, 0.25) is 5.91 Å². The molecule has 40 heavy (non-hydrogen) atoms. The molecule has 3 atom stereocenters. The minimum absolute atomic E-state index is 0.144. The van der Waals surface area contributed by atoms with Crippen molar-refractivity contribution in [3.63, 3.8) is 0 Å². The number of nitrogens with zero attached hydrogens (tertiary/aromatic N) is 1. The van der Waals surface area contributed by atoms with Crippen LogP contribution in [0.2, 0.25) is 0 Å². The number of fused-ring (bicyclic) bond motifs is 3. The van der Waals surface area contributed by atoms with E-state index in [2.05, 4.69) is 49.7 Å². The van der Waals surface area contributed by atoms with E-state index in [0.717, 1.165) is 41.4 Å². The Morgan fingerprint density at radius 2 is 1.93 bits per heavy atom. The van der Waals surface area contributed by atoms with Gasteiger partial charge in [-0.05, 0) is 89.2 Å². The van der Waals surface area contributed by atoms with E-state index in [0.29, 0.717) is 13.0 Å². The van der Waals surface area contributed by atoms with Crippen molar-refractivity contribution in [2.24, 2.45) is 0 Å². The lowest BCUT2D eigenvalue weighted by Gasteiger charge is -2.34. The highest BCUT2D eigenvalue weighted by molar-refractivity contribution is 9.10. The zero-order chi connectivity index (χ0) is 28.9. The van der Waals surface area contributed by atoms with Gasteiger partial charge >= 0.3 is 6.09 Å². The molecule has 0 fully saturated rings. The molecule has 0 spiro atoms. The van der Waals surface area contributed by atoms with Gasteiger partial charge in [-0.15, -0.1) is 0 Å². The molecule has 0 radical (unpaired) electrons. The molecule has 1 heterocycles. The first-order valence-electron chi connectivity index (χ1n) is 14.1. The van der Waals surface area contributed by atoms with Gasteiger partial charge in [-0.1, -0.05) is 46.3 Å². The number of nitrogens with one attached hydrogen (secondary N) is 3. The Balaban J connectivity index is 1.35. The number of H-pyrrole nitrogens is 1. The molecule has 4 rings (SSSR count). The third kappa shape index (κ3) is 7.65. The summed E-state index contributed by atoms with van der Waals surface area (Å²) in [6, 6.07) is 14.9. The number of ether oxygens (including phenoxy) is 1. The number of hydrogen-bond donors (Lipinski definition) is 4. The van der Waals surface area contributed by atoms with Gasteiger partial charge in [0.25, 0.3) is 0 Å². The summed E-state index contributed by atoms with van der Waals surface area (Å²) < 4.78 is 6.68. The molecule has 2 amide bonds. The number of aryl methyl sites for hydroxylation is 1. The van der Waals surface area contributed by atoms with Crippen LogP contribution >= 0.6 is 15.9 Å². The van der Waals surface area contributed by atoms with Crippen molar-refractivity contribution >= 4 is 38.8 Å². The van der Waals surface area contributed by atoms with E-state index in [-0.39, 0.29) is 12.6 Å². The third-order valence-corrected chi connectivity index (χ3v) is 7.59. The zero-order valence-corrected chi connectivity index (χ0v) is 25.4. The Kier molecular flexibility index (Phi) is 9.92. The molecule has 0 saturated carbocycles. The lowest BCUT2D eigenvalue weighted by molar-refractivity contribution is -0.130. The smallest absolute Gasteiger partial charge is 0.411 e. The molecule has 0 aliphatic heterocycles. The average Bonchev–Trinajstić information content (AvgIpc) is 3.26. The number of rotatable bonds is 10. The van der Waals surface area contributed by atoms with Crippen molar-refractivity contribution in [1.82, 2.24) is 20.5 Å². The lowest BCUT2D eigenvalue weighted by atomic mass is 9.91. The van der Waals surface area contributed by atoms with Crippen LogP contribution in [-0.2, 0) is 22.5 Å². The number of aliphatic hydroxyl groups excluding tert-OH is 1. The molecule has 0 bridgehead atoms. The van der Waals surface area contributed by atoms with E-state index >= 15 is 0 Å². The highest BCUT2D eigenvalue weighted by Crippen LogP contribution is 2.35. The number of aliphatic hydroxyl groups is 1. The second-order valence-corrected chi connectivity index (χ2v) is 12.4. The molecule has 1 aromatic heterocycles. The van der Waals surface area contributed by atoms with Crippen molar-refractivity contribution < 1.29 is 19.4 Å². The van der Waals surface area contributed by atoms with Crippen molar-refractivity contribution in [2.45, 2.75) is 83.7 Å². The fourth-order valence-corrected chi connectivity index (χ4v) is 5.68. The van der Waals surface area contributed by atoms with Crippen molar-refractivity contribution in [2.75, 3.05) is 13.1 Å². The molecule has 0 saturated heterocycles. The molecule has 1 aliphatic rings. The van der Waals surface area contributed by atoms with Gasteiger partial charge < -0.3 is 25.5 Å². The maximum absolute atomic E-state index is 13.3. The number of carbonyl (C=O) groups excluding carboxylic acids is 2. The maximum atomic E-state index is 13.3. The molecule has 216 valence electrons. The highest BCUT2D eigenvalue weighted by atomic mass is 79.9. The predicted molar refractivity (Wildman–Crippen MR) is 161 cm³/mol. The average molecular weight is 614 g/mol. The first kappa shape index (κ1) is 30.1. The summed E-state index contributed by atoms with van der Waals surface area (Å²) in [7, 11) is 0. The molecule has 3 aromatic rings. The Morgan fingerprint density at radius 3 is 2.62 bits per heavy atom. The largest absolute Gasteiger partial charge is 0.444 e. The summed E-state index contributed by atoms with van der Waals surface area (Å²) >= 11 is 3.59. The highest BCUT2D eigenvalue weighted by Gasteiger charge is 2.36. The molecular formula is C31H41BrN4O4. The first-order chi connectivity index (χ1) is 19.0. The molecule has 8 nitrogen and oxygen atoms in total. The Labute approximate surface area is 245 Å². The Morgan fingerprint density at radius 1 is 1.18 bits per heavy atom. The summed E-state index contributed by atoms with van der Waals surface area (Å²) in [6.07, 6.45) is 2.23. The van der Waals surface area contributed by atoms with E-state index in [1.54, 1.807) is 20.8 Å². The van der Waals surface area contributed by atoms with Gasteiger partial charge in [-0.2, -0.15) is 0 Å². The monoisotopic (exact) mass is 612 g/mol. The van der Waals surface area contributed by atoms with Crippen LogP contribution in [-0.4, -0.2) is 57.8 Å². The van der Waals surface area contributed by atoms with Gasteiger partial charge in [0, 0.05) is 40.2 Å². The van der Waals surface area contributed by atoms with Crippen LogP contribution in [0.1, 0.15) is 69.8 Å². The zero-order valence-electron chi connectivity index (χ0n) is 23.8. The summed E-state index contributed by atoms with van der Waals surface area (Å²) in [5.41, 5.74) is 3.90. The van der Waals surface area contributed by atoms with Crippen LogP contribution in [0, 0.1) is 0 Å². The number of aromatic amines is 1. The van der Waals surface area contributed by atoms with E-state index in [4.69, 9.17) is 4.74 Å².